The molecule has 0 bridgehead atoms. The van der Waals surface area contributed by atoms with Gasteiger partial charge in [-0.25, -0.2) is 9.78 Å². The normalized spacial score (nSPS) is 18.3. The van der Waals surface area contributed by atoms with Gasteiger partial charge in [0.25, 0.3) is 5.91 Å². The van der Waals surface area contributed by atoms with Gasteiger partial charge in [0.15, 0.2) is 0 Å². The third kappa shape index (κ3) is 3.05. The molecule has 0 unspecified atom stereocenters. The van der Waals surface area contributed by atoms with Gasteiger partial charge in [0.05, 0.1) is 0 Å². The quantitative estimate of drug-likeness (QED) is 0.888. The molecule has 2 N–H and O–H groups in total. The topological polar surface area (TPSA) is 81.3 Å². The fourth-order valence-electron chi connectivity index (χ4n) is 3.77. The van der Waals surface area contributed by atoms with Crippen LogP contribution >= 0.6 is 0 Å². The Morgan fingerprint density at radius 2 is 2.04 bits per heavy atom. The Bertz CT molecular complexity index is 809. The standard InChI is InChI=1S/C19H23N5O2/c1-13-2-3-15(12-16(13)24-11-8-22-19(24)26)18(25)23-9-4-14(5-10-23)17-20-6-7-21-17/h2-3,6-7,12,14H,4-5,8-11H2,1H3,(H,20,21)(H,22,26). The molecule has 0 aliphatic carbocycles. The van der Waals surface area contributed by atoms with Crippen LogP contribution in [0.5, 0.6) is 0 Å². The summed E-state index contributed by atoms with van der Waals surface area (Å²) in [6, 6.07) is 5.52. The Balaban J connectivity index is 1.48. The van der Waals surface area contributed by atoms with Gasteiger partial charge in [-0.05, 0) is 37.5 Å². The second-order valence-electron chi connectivity index (χ2n) is 6.93. The third-order valence-electron chi connectivity index (χ3n) is 5.29. The van der Waals surface area contributed by atoms with Gasteiger partial charge in [0.2, 0.25) is 0 Å². The number of imidazole rings is 1. The molecule has 26 heavy (non-hydrogen) atoms. The first-order valence-electron chi connectivity index (χ1n) is 9.08. The van der Waals surface area contributed by atoms with E-state index >= 15 is 0 Å². The Morgan fingerprint density at radius 3 is 2.69 bits per heavy atom. The Labute approximate surface area is 152 Å². The van der Waals surface area contributed by atoms with Crippen LogP contribution in [-0.2, 0) is 0 Å². The fraction of sp³-hybridized carbons (Fsp3) is 0.421. The summed E-state index contributed by atoms with van der Waals surface area (Å²) in [5.74, 6) is 1.43. The molecule has 7 heteroatoms. The van der Waals surface area contributed by atoms with Crippen molar-refractivity contribution in [2.24, 2.45) is 0 Å². The van der Waals surface area contributed by atoms with Crippen molar-refractivity contribution in [3.63, 3.8) is 0 Å². The van der Waals surface area contributed by atoms with E-state index in [0.29, 0.717) is 24.6 Å². The third-order valence-corrected chi connectivity index (χ3v) is 5.29. The number of likely N-dealkylation sites (tertiary alicyclic amines) is 1. The molecule has 3 amide bonds. The zero-order valence-electron chi connectivity index (χ0n) is 14.9. The lowest BCUT2D eigenvalue weighted by Gasteiger charge is -2.31. The molecule has 2 aliphatic rings. The molecular formula is C19H23N5O2. The highest BCUT2D eigenvalue weighted by Gasteiger charge is 2.27. The summed E-state index contributed by atoms with van der Waals surface area (Å²) in [5.41, 5.74) is 2.45. The number of rotatable bonds is 3. The van der Waals surface area contributed by atoms with Gasteiger partial charge in [0.1, 0.15) is 5.82 Å². The molecule has 2 aliphatic heterocycles. The minimum Gasteiger partial charge on any atom is -0.348 e. The van der Waals surface area contributed by atoms with E-state index in [1.54, 1.807) is 11.1 Å². The maximum atomic E-state index is 12.9. The molecule has 2 aromatic rings. The Morgan fingerprint density at radius 1 is 1.23 bits per heavy atom. The van der Waals surface area contributed by atoms with Crippen LogP contribution in [0.4, 0.5) is 10.5 Å². The lowest BCUT2D eigenvalue weighted by Crippen LogP contribution is -2.38. The van der Waals surface area contributed by atoms with Crippen LogP contribution < -0.4 is 10.2 Å². The van der Waals surface area contributed by atoms with Crippen molar-refractivity contribution in [2.75, 3.05) is 31.1 Å². The summed E-state index contributed by atoms with van der Waals surface area (Å²) in [4.78, 5) is 36.0. The van der Waals surface area contributed by atoms with Crippen molar-refractivity contribution in [1.29, 1.82) is 0 Å². The summed E-state index contributed by atoms with van der Waals surface area (Å²) >= 11 is 0. The zero-order chi connectivity index (χ0) is 18.1. The average molecular weight is 353 g/mol. The molecule has 4 rings (SSSR count). The number of aryl methyl sites for hydroxylation is 1. The molecule has 0 atom stereocenters. The molecule has 0 spiro atoms. The highest BCUT2D eigenvalue weighted by Crippen LogP contribution is 2.28. The summed E-state index contributed by atoms with van der Waals surface area (Å²) < 4.78 is 0. The first kappa shape index (κ1) is 16.6. The number of H-pyrrole nitrogens is 1. The summed E-state index contributed by atoms with van der Waals surface area (Å²) in [5, 5.41) is 2.81. The number of aromatic amines is 1. The van der Waals surface area contributed by atoms with E-state index in [4.69, 9.17) is 0 Å². The van der Waals surface area contributed by atoms with Crippen LogP contribution in [0.15, 0.2) is 30.6 Å². The van der Waals surface area contributed by atoms with Crippen molar-refractivity contribution < 1.29 is 9.59 Å². The number of urea groups is 1. The van der Waals surface area contributed by atoms with Gasteiger partial charge in [-0.1, -0.05) is 6.07 Å². The van der Waals surface area contributed by atoms with Crippen LogP contribution in [0, 0.1) is 6.92 Å². The highest BCUT2D eigenvalue weighted by atomic mass is 16.2. The van der Waals surface area contributed by atoms with E-state index in [1.165, 1.54) is 0 Å². The molecule has 0 saturated carbocycles. The number of nitrogens with one attached hydrogen (secondary N) is 2. The second-order valence-corrected chi connectivity index (χ2v) is 6.93. The molecular weight excluding hydrogens is 330 g/mol. The molecule has 1 aromatic carbocycles. The van der Waals surface area contributed by atoms with Crippen molar-refractivity contribution in [2.45, 2.75) is 25.7 Å². The van der Waals surface area contributed by atoms with E-state index in [9.17, 15) is 9.59 Å². The van der Waals surface area contributed by atoms with Gasteiger partial charge in [0, 0.05) is 55.7 Å². The van der Waals surface area contributed by atoms with Crippen LogP contribution in [0.2, 0.25) is 0 Å². The predicted octanol–water partition coefficient (Wildman–Crippen LogP) is 2.27. The lowest BCUT2D eigenvalue weighted by molar-refractivity contribution is 0.0711. The van der Waals surface area contributed by atoms with Crippen molar-refractivity contribution in [3.8, 4) is 0 Å². The lowest BCUT2D eigenvalue weighted by atomic mass is 9.95. The minimum absolute atomic E-state index is 0.0313. The monoisotopic (exact) mass is 353 g/mol. The van der Waals surface area contributed by atoms with E-state index in [0.717, 1.165) is 43.0 Å². The zero-order valence-corrected chi connectivity index (χ0v) is 14.9. The fourth-order valence-corrected chi connectivity index (χ4v) is 3.77. The smallest absolute Gasteiger partial charge is 0.322 e. The number of hydrogen-bond acceptors (Lipinski definition) is 3. The molecule has 3 heterocycles. The minimum atomic E-state index is -0.100. The Hall–Kier alpha value is -2.83. The second kappa shape index (κ2) is 6.82. The number of hydrogen-bond donors (Lipinski definition) is 2. The van der Waals surface area contributed by atoms with E-state index in [-0.39, 0.29) is 11.9 Å². The van der Waals surface area contributed by atoms with Crippen LogP contribution in [0.3, 0.4) is 0 Å². The molecule has 7 nitrogen and oxygen atoms in total. The van der Waals surface area contributed by atoms with Crippen LogP contribution in [0.1, 0.15) is 40.5 Å². The SMILES string of the molecule is Cc1ccc(C(=O)N2CCC(c3ncc[nH]3)CC2)cc1N1CCNC1=O. The number of carbonyl (C=O) groups excluding carboxylic acids is 2. The number of nitrogens with zero attached hydrogens (tertiary/aromatic N) is 3. The van der Waals surface area contributed by atoms with E-state index in [2.05, 4.69) is 15.3 Å². The van der Waals surface area contributed by atoms with Gasteiger partial charge >= 0.3 is 6.03 Å². The summed E-state index contributed by atoms with van der Waals surface area (Å²) in [6.07, 6.45) is 5.43. The summed E-state index contributed by atoms with van der Waals surface area (Å²) in [6.45, 7) is 4.67. The largest absolute Gasteiger partial charge is 0.348 e. The van der Waals surface area contributed by atoms with Crippen molar-refractivity contribution in [1.82, 2.24) is 20.2 Å². The molecule has 2 fully saturated rings. The number of anilines is 1. The van der Waals surface area contributed by atoms with Gasteiger partial charge < -0.3 is 15.2 Å². The predicted molar refractivity (Wildman–Crippen MR) is 98.4 cm³/mol. The molecule has 136 valence electrons. The van der Waals surface area contributed by atoms with Crippen LogP contribution in [-0.4, -0.2) is 53.0 Å². The highest BCUT2D eigenvalue weighted by molar-refractivity contribution is 5.99. The van der Waals surface area contributed by atoms with Crippen LogP contribution in [0.25, 0.3) is 0 Å². The van der Waals surface area contributed by atoms with E-state index in [1.807, 2.05) is 36.2 Å². The average Bonchev–Trinajstić information content (AvgIpc) is 3.34. The maximum Gasteiger partial charge on any atom is 0.322 e. The molecule has 0 radical (unpaired) electrons. The first-order chi connectivity index (χ1) is 12.6. The van der Waals surface area contributed by atoms with Gasteiger partial charge in [-0.2, -0.15) is 0 Å². The first-order valence-corrected chi connectivity index (χ1v) is 9.08. The molecule has 1 aromatic heterocycles. The number of aromatic nitrogens is 2. The Kier molecular flexibility index (Phi) is 4.36. The van der Waals surface area contributed by atoms with Gasteiger partial charge in [-0.3, -0.25) is 9.69 Å². The number of piperidine rings is 1. The van der Waals surface area contributed by atoms with Crippen molar-refractivity contribution >= 4 is 17.6 Å². The molecule has 2 saturated heterocycles. The van der Waals surface area contributed by atoms with Gasteiger partial charge in [-0.15, -0.1) is 0 Å². The van der Waals surface area contributed by atoms with Crippen molar-refractivity contribution in [3.05, 3.63) is 47.5 Å². The number of amides is 3. The maximum absolute atomic E-state index is 12.9. The van der Waals surface area contributed by atoms with E-state index < -0.39 is 0 Å². The summed E-state index contributed by atoms with van der Waals surface area (Å²) in [7, 11) is 0. The number of carbonyl (C=O) groups is 2. The number of benzene rings is 1.